The first-order chi connectivity index (χ1) is 10.6. The molecule has 22 heavy (non-hydrogen) atoms. The number of aryl methyl sites for hydroxylation is 1. The van der Waals surface area contributed by atoms with Crippen molar-refractivity contribution in [2.75, 3.05) is 7.05 Å². The highest BCUT2D eigenvalue weighted by Gasteiger charge is 2.18. The van der Waals surface area contributed by atoms with Gasteiger partial charge in [-0.2, -0.15) is 10.2 Å². The first-order valence-corrected chi connectivity index (χ1v) is 6.68. The quantitative estimate of drug-likeness (QED) is 0.707. The first kappa shape index (κ1) is 13.9. The molecule has 112 valence electrons. The predicted octanol–water partition coefficient (Wildman–Crippen LogP) is 0.668. The van der Waals surface area contributed by atoms with E-state index in [1.165, 1.54) is 17.3 Å². The Morgan fingerprint density at radius 3 is 2.91 bits per heavy atom. The van der Waals surface area contributed by atoms with Gasteiger partial charge in [0.25, 0.3) is 5.91 Å². The van der Waals surface area contributed by atoms with Gasteiger partial charge in [-0.3, -0.25) is 9.48 Å². The first-order valence-electron chi connectivity index (χ1n) is 6.68. The average Bonchev–Trinajstić information content (AvgIpc) is 3.18. The maximum Gasteiger partial charge on any atom is 0.257 e. The van der Waals surface area contributed by atoms with E-state index in [-0.39, 0.29) is 5.91 Å². The monoisotopic (exact) mass is 297 g/mol. The second-order valence-corrected chi connectivity index (χ2v) is 4.90. The molecule has 0 saturated carbocycles. The third-order valence-electron chi connectivity index (χ3n) is 3.18. The van der Waals surface area contributed by atoms with Crippen molar-refractivity contribution in [2.24, 2.45) is 7.05 Å². The molecular formula is C14H15N7O. The number of carbonyl (C=O) groups is 1. The lowest BCUT2D eigenvalue weighted by Gasteiger charge is -2.17. The van der Waals surface area contributed by atoms with Crippen molar-refractivity contribution in [1.29, 1.82) is 0 Å². The molecule has 0 aliphatic carbocycles. The highest BCUT2D eigenvalue weighted by molar-refractivity contribution is 5.96. The third-order valence-corrected chi connectivity index (χ3v) is 3.18. The van der Waals surface area contributed by atoms with Gasteiger partial charge < -0.3 is 4.90 Å². The Morgan fingerprint density at radius 2 is 2.23 bits per heavy atom. The summed E-state index contributed by atoms with van der Waals surface area (Å²) in [5.41, 5.74) is 1.43. The zero-order chi connectivity index (χ0) is 15.5. The van der Waals surface area contributed by atoms with Crippen molar-refractivity contribution in [2.45, 2.75) is 6.54 Å². The van der Waals surface area contributed by atoms with Crippen LogP contribution in [0.15, 0.2) is 43.4 Å². The summed E-state index contributed by atoms with van der Waals surface area (Å²) in [5, 5.41) is 8.14. The second-order valence-electron chi connectivity index (χ2n) is 4.90. The number of carbonyl (C=O) groups excluding carboxylic acids is 1. The van der Waals surface area contributed by atoms with Crippen LogP contribution in [-0.4, -0.2) is 47.4 Å². The molecule has 0 aliphatic rings. The van der Waals surface area contributed by atoms with E-state index in [9.17, 15) is 4.79 Å². The van der Waals surface area contributed by atoms with Gasteiger partial charge >= 0.3 is 0 Å². The fourth-order valence-electron chi connectivity index (χ4n) is 2.17. The van der Waals surface area contributed by atoms with E-state index in [0.29, 0.717) is 17.9 Å². The lowest BCUT2D eigenvalue weighted by molar-refractivity contribution is 0.0784. The molecule has 0 spiro atoms. The van der Waals surface area contributed by atoms with Gasteiger partial charge in [0.15, 0.2) is 5.82 Å². The van der Waals surface area contributed by atoms with E-state index < -0.39 is 0 Å². The molecule has 3 aromatic heterocycles. The summed E-state index contributed by atoms with van der Waals surface area (Å²) in [6.45, 7) is 0.471. The van der Waals surface area contributed by atoms with Crippen molar-refractivity contribution >= 4 is 5.91 Å². The molecule has 3 rings (SSSR count). The van der Waals surface area contributed by atoms with Crippen LogP contribution in [0, 0.1) is 0 Å². The van der Waals surface area contributed by atoms with E-state index in [1.807, 2.05) is 13.2 Å². The molecule has 0 N–H and O–H groups in total. The van der Waals surface area contributed by atoms with Gasteiger partial charge in [0.05, 0.1) is 11.8 Å². The minimum atomic E-state index is -0.137. The minimum Gasteiger partial charge on any atom is -0.337 e. The van der Waals surface area contributed by atoms with Gasteiger partial charge in [-0.05, 0) is 12.1 Å². The van der Waals surface area contributed by atoms with Gasteiger partial charge in [0.2, 0.25) is 0 Å². The van der Waals surface area contributed by atoms with Crippen molar-refractivity contribution in [3.63, 3.8) is 0 Å². The van der Waals surface area contributed by atoms with E-state index in [0.717, 1.165) is 5.56 Å². The van der Waals surface area contributed by atoms with Crippen LogP contribution in [0.4, 0.5) is 0 Å². The normalized spacial score (nSPS) is 10.6. The number of nitrogens with zero attached hydrogens (tertiary/aromatic N) is 7. The van der Waals surface area contributed by atoms with Gasteiger partial charge in [-0.1, -0.05) is 0 Å². The molecule has 0 atom stereocenters. The number of amides is 1. The molecule has 0 aliphatic heterocycles. The molecule has 0 radical (unpaired) electrons. The minimum absolute atomic E-state index is 0.137. The molecule has 0 unspecified atom stereocenters. The molecule has 3 aromatic rings. The Morgan fingerprint density at radius 1 is 1.36 bits per heavy atom. The van der Waals surface area contributed by atoms with Crippen LogP contribution in [0.25, 0.3) is 5.82 Å². The number of aromatic nitrogens is 6. The van der Waals surface area contributed by atoms with Gasteiger partial charge in [-0.15, -0.1) is 0 Å². The standard InChI is InChI=1S/C14H15N7O/c1-19(7-11-6-17-20(2)8-11)14(22)12-4-3-5-16-13(12)21-10-15-9-18-21/h3-6,8-10H,7H2,1-2H3. The lowest BCUT2D eigenvalue weighted by Crippen LogP contribution is -2.27. The van der Waals surface area contributed by atoms with Crippen molar-refractivity contribution in [3.8, 4) is 5.82 Å². The highest BCUT2D eigenvalue weighted by atomic mass is 16.2. The highest BCUT2D eigenvalue weighted by Crippen LogP contribution is 2.13. The molecule has 8 nitrogen and oxygen atoms in total. The smallest absolute Gasteiger partial charge is 0.257 e. The van der Waals surface area contributed by atoms with E-state index in [2.05, 4.69) is 20.2 Å². The number of hydrogen-bond acceptors (Lipinski definition) is 5. The maximum absolute atomic E-state index is 12.7. The molecule has 0 bridgehead atoms. The molecule has 0 fully saturated rings. The Bertz CT molecular complexity index is 778. The second kappa shape index (κ2) is 5.76. The van der Waals surface area contributed by atoms with Crippen molar-refractivity contribution in [3.05, 3.63) is 54.5 Å². The molecular weight excluding hydrogens is 282 g/mol. The lowest BCUT2D eigenvalue weighted by atomic mass is 10.2. The van der Waals surface area contributed by atoms with Crippen LogP contribution in [0.3, 0.4) is 0 Å². The fraction of sp³-hybridized carbons (Fsp3) is 0.214. The fourth-order valence-corrected chi connectivity index (χ4v) is 2.17. The van der Waals surface area contributed by atoms with E-state index in [1.54, 1.807) is 41.2 Å². The number of pyridine rings is 1. The van der Waals surface area contributed by atoms with Crippen LogP contribution in [0.1, 0.15) is 15.9 Å². The van der Waals surface area contributed by atoms with E-state index >= 15 is 0 Å². The van der Waals surface area contributed by atoms with Crippen LogP contribution in [0.5, 0.6) is 0 Å². The van der Waals surface area contributed by atoms with Crippen molar-refractivity contribution < 1.29 is 4.79 Å². The summed E-state index contributed by atoms with van der Waals surface area (Å²) in [7, 11) is 3.59. The molecule has 0 saturated heterocycles. The summed E-state index contributed by atoms with van der Waals surface area (Å²) in [4.78, 5) is 22.4. The average molecular weight is 297 g/mol. The van der Waals surface area contributed by atoms with Crippen LogP contribution < -0.4 is 0 Å². The van der Waals surface area contributed by atoms with Gasteiger partial charge in [0.1, 0.15) is 12.7 Å². The predicted molar refractivity (Wildman–Crippen MR) is 78.2 cm³/mol. The Labute approximate surface area is 127 Å². The SMILES string of the molecule is CN(Cc1cnn(C)c1)C(=O)c1cccnc1-n1cncn1. The third kappa shape index (κ3) is 2.71. The zero-order valence-corrected chi connectivity index (χ0v) is 12.3. The number of hydrogen-bond donors (Lipinski definition) is 0. The summed E-state index contributed by atoms with van der Waals surface area (Å²) in [5.74, 6) is 0.325. The largest absolute Gasteiger partial charge is 0.337 e. The van der Waals surface area contributed by atoms with Crippen molar-refractivity contribution in [1.82, 2.24) is 34.4 Å². The molecule has 3 heterocycles. The van der Waals surface area contributed by atoms with Gasteiger partial charge in [0, 0.05) is 38.6 Å². The summed E-state index contributed by atoms with van der Waals surface area (Å²) >= 11 is 0. The van der Waals surface area contributed by atoms with Crippen LogP contribution in [-0.2, 0) is 13.6 Å². The zero-order valence-electron chi connectivity index (χ0n) is 12.3. The summed E-state index contributed by atoms with van der Waals surface area (Å²) in [6, 6.07) is 3.46. The van der Waals surface area contributed by atoms with E-state index in [4.69, 9.17) is 0 Å². The summed E-state index contributed by atoms with van der Waals surface area (Å²) < 4.78 is 3.18. The maximum atomic E-state index is 12.7. The molecule has 0 aromatic carbocycles. The topological polar surface area (TPSA) is 81.7 Å². The Balaban J connectivity index is 1.86. The van der Waals surface area contributed by atoms with Gasteiger partial charge in [-0.25, -0.2) is 14.6 Å². The van der Waals surface area contributed by atoms with Crippen LogP contribution in [0.2, 0.25) is 0 Å². The van der Waals surface area contributed by atoms with Crippen LogP contribution >= 0.6 is 0 Å². The summed E-state index contributed by atoms with van der Waals surface area (Å²) in [6.07, 6.45) is 8.16. The number of rotatable bonds is 4. The Kier molecular flexibility index (Phi) is 3.65. The Hall–Kier alpha value is -3.03. The molecule has 1 amide bonds. The molecule has 8 heteroatoms.